The van der Waals surface area contributed by atoms with Gasteiger partial charge in [-0.15, -0.1) is 11.8 Å². The van der Waals surface area contributed by atoms with Crippen LogP contribution in [0.3, 0.4) is 0 Å². The fourth-order valence-corrected chi connectivity index (χ4v) is 3.47. The summed E-state index contributed by atoms with van der Waals surface area (Å²) in [6, 6.07) is 9.16. The molecule has 94 valence electrons. The summed E-state index contributed by atoms with van der Waals surface area (Å²) in [6.07, 6.45) is 3.99. The Bertz CT molecular complexity index is 535. The van der Waals surface area contributed by atoms with Crippen molar-refractivity contribution in [2.45, 2.75) is 24.4 Å². The van der Waals surface area contributed by atoms with E-state index in [1.165, 1.54) is 16.0 Å². The number of thioether (sulfide) groups is 1. The van der Waals surface area contributed by atoms with Crippen molar-refractivity contribution in [1.29, 1.82) is 0 Å². The predicted molar refractivity (Wildman–Crippen MR) is 74.9 cm³/mol. The summed E-state index contributed by atoms with van der Waals surface area (Å²) in [5.41, 5.74) is 2.66. The van der Waals surface area contributed by atoms with Crippen LogP contribution >= 0.6 is 11.8 Å². The lowest BCUT2D eigenvalue weighted by Crippen LogP contribution is -2.25. The van der Waals surface area contributed by atoms with Crippen molar-refractivity contribution in [3.63, 3.8) is 0 Å². The maximum Gasteiger partial charge on any atom is 0.0534 e. The third-order valence-electron chi connectivity index (χ3n) is 3.19. The van der Waals surface area contributed by atoms with E-state index in [0.29, 0.717) is 6.04 Å². The molecule has 0 saturated carbocycles. The lowest BCUT2D eigenvalue weighted by Gasteiger charge is -2.13. The number of hydrogen-bond donors (Lipinski definition) is 1. The Labute approximate surface area is 112 Å². The van der Waals surface area contributed by atoms with Gasteiger partial charge in [0.1, 0.15) is 0 Å². The van der Waals surface area contributed by atoms with Crippen LogP contribution in [0.25, 0.3) is 0 Å². The van der Waals surface area contributed by atoms with Crippen molar-refractivity contribution >= 4 is 11.8 Å². The summed E-state index contributed by atoms with van der Waals surface area (Å²) >= 11 is 1.94. The minimum Gasteiger partial charge on any atom is -0.307 e. The third kappa shape index (κ3) is 2.44. The van der Waals surface area contributed by atoms with Gasteiger partial charge >= 0.3 is 0 Å². The van der Waals surface area contributed by atoms with Crippen LogP contribution in [0.1, 0.15) is 17.2 Å². The Morgan fingerprint density at radius 3 is 3.17 bits per heavy atom. The molecule has 1 unspecified atom stereocenters. The molecule has 1 atom stereocenters. The van der Waals surface area contributed by atoms with Crippen LogP contribution in [-0.4, -0.2) is 22.1 Å². The fraction of sp³-hybridized carbons (Fsp3) is 0.357. The molecule has 0 fully saturated rings. The highest BCUT2D eigenvalue weighted by Gasteiger charge is 2.21. The van der Waals surface area contributed by atoms with Gasteiger partial charge in [-0.3, -0.25) is 4.68 Å². The van der Waals surface area contributed by atoms with Gasteiger partial charge < -0.3 is 5.32 Å². The Morgan fingerprint density at radius 2 is 2.33 bits per heavy atom. The first-order chi connectivity index (χ1) is 8.83. The Hall–Kier alpha value is -1.26. The molecule has 0 aliphatic carbocycles. The van der Waals surface area contributed by atoms with Crippen LogP contribution < -0.4 is 5.32 Å². The van der Waals surface area contributed by atoms with Gasteiger partial charge in [0.15, 0.2) is 0 Å². The molecule has 0 amide bonds. The summed E-state index contributed by atoms with van der Waals surface area (Å²) in [7, 11) is 0. The molecule has 1 aliphatic heterocycles. The smallest absolute Gasteiger partial charge is 0.0534 e. The summed E-state index contributed by atoms with van der Waals surface area (Å²) in [5, 5.41) is 7.91. The first-order valence-corrected chi connectivity index (χ1v) is 7.25. The molecule has 3 rings (SSSR count). The average Bonchev–Trinajstić information content (AvgIpc) is 2.97. The second kappa shape index (κ2) is 5.16. The minimum absolute atomic E-state index is 0.489. The van der Waals surface area contributed by atoms with Gasteiger partial charge in [-0.1, -0.05) is 18.2 Å². The second-order valence-corrected chi connectivity index (χ2v) is 5.70. The molecule has 1 N–H and O–H groups in total. The van der Waals surface area contributed by atoms with Crippen LogP contribution in [0.2, 0.25) is 0 Å². The van der Waals surface area contributed by atoms with Gasteiger partial charge in [0.25, 0.3) is 0 Å². The van der Waals surface area contributed by atoms with E-state index in [1.807, 2.05) is 22.6 Å². The van der Waals surface area contributed by atoms with E-state index in [2.05, 4.69) is 47.8 Å². The monoisotopic (exact) mass is 259 g/mol. The Morgan fingerprint density at radius 1 is 1.44 bits per heavy atom. The standard InChI is InChI=1S/C14H17N3S/c1-11-8-16-17(9-11)7-6-15-13-10-18-14-5-3-2-4-12(13)14/h2-5,8-9,13,15H,6-7,10H2,1H3. The average molecular weight is 259 g/mol. The molecule has 2 heterocycles. The summed E-state index contributed by atoms with van der Waals surface area (Å²) in [5.74, 6) is 1.14. The molecule has 4 heteroatoms. The molecule has 3 nitrogen and oxygen atoms in total. The van der Waals surface area contributed by atoms with Gasteiger partial charge in [-0.25, -0.2) is 0 Å². The highest BCUT2D eigenvalue weighted by molar-refractivity contribution is 7.99. The van der Waals surface area contributed by atoms with Crippen molar-refractivity contribution in [1.82, 2.24) is 15.1 Å². The lowest BCUT2D eigenvalue weighted by atomic mass is 10.1. The highest BCUT2D eigenvalue weighted by Crippen LogP contribution is 2.37. The quantitative estimate of drug-likeness (QED) is 0.915. The number of nitrogens with zero attached hydrogens (tertiary/aromatic N) is 2. The number of benzene rings is 1. The van der Waals surface area contributed by atoms with Crippen LogP contribution in [0, 0.1) is 6.92 Å². The zero-order chi connectivity index (χ0) is 12.4. The molecule has 2 aromatic rings. The second-order valence-electron chi connectivity index (χ2n) is 4.64. The SMILES string of the molecule is Cc1cnn(CCNC2CSc3ccccc32)c1. The van der Waals surface area contributed by atoms with Crippen molar-refractivity contribution in [2.75, 3.05) is 12.3 Å². The third-order valence-corrected chi connectivity index (χ3v) is 4.38. The molecule has 1 aromatic heterocycles. The van der Waals surface area contributed by atoms with Crippen LogP contribution in [-0.2, 0) is 6.54 Å². The largest absolute Gasteiger partial charge is 0.307 e. The molecule has 1 aromatic carbocycles. The van der Waals surface area contributed by atoms with Crippen molar-refractivity contribution in [2.24, 2.45) is 0 Å². The van der Waals surface area contributed by atoms with E-state index >= 15 is 0 Å². The van der Waals surface area contributed by atoms with Crippen LogP contribution in [0.4, 0.5) is 0 Å². The van der Waals surface area contributed by atoms with Gasteiger partial charge in [0.2, 0.25) is 0 Å². The fourth-order valence-electron chi connectivity index (χ4n) is 2.27. The number of aryl methyl sites for hydroxylation is 1. The summed E-state index contributed by atoms with van der Waals surface area (Å²) in [4.78, 5) is 1.42. The molecule has 0 spiro atoms. The van der Waals surface area contributed by atoms with E-state index < -0.39 is 0 Å². The molecule has 18 heavy (non-hydrogen) atoms. The molecule has 0 bridgehead atoms. The zero-order valence-electron chi connectivity index (χ0n) is 10.5. The summed E-state index contributed by atoms with van der Waals surface area (Å²) < 4.78 is 2.00. The van der Waals surface area contributed by atoms with E-state index in [4.69, 9.17) is 0 Å². The van der Waals surface area contributed by atoms with E-state index in [9.17, 15) is 0 Å². The van der Waals surface area contributed by atoms with Crippen LogP contribution in [0.5, 0.6) is 0 Å². The Balaban J connectivity index is 1.56. The van der Waals surface area contributed by atoms with E-state index in [0.717, 1.165) is 18.8 Å². The maximum atomic E-state index is 4.30. The number of fused-ring (bicyclic) bond motifs is 1. The highest BCUT2D eigenvalue weighted by atomic mass is 32.2. The predicted octanol–water partition coefficient (Wildman–Crippen LogP) is 2.63. The van der Waals surface area contributed by atoms with Crippen LogP contribution in [0.15, 0.2) is 41.6 Å². The number of nitrogens with one attached hydrogen (secondary N) is 1. The van der Waals surface area contributed by atoms with Gasteiger partial charge in [0.05, 0.1) is 12.7 Å². The van der Waals surface area contributed by atoms with Crippen molar-refractivity contribution in [3.8, 4) is 0 Å². The van der Waals surface area contributed by atoms with E-state index in [1.54, 1.807) is 0 Å². The first-order valence-electron chi connectivity index (χ1n) is 6.27. The molecular formula is C14H17N3S. The lowest BCUT2D eigenvalue weighted by molar-refractivity contribution is 0.512. The van der Waals surface area contributed by atoms with Gasteiger partial charge in [-0.05, 0) is 24.1 Å². The molecule has 0 radical (unpaired) electrons. The van der Waals surface area contributed by atoms with Crippen molar-refractivity contribution < 1.29 is 0 Å². The van der Waals surface area contributed by atoms with Crippen molar-refractivity contribution in [3.05, 3.63) is 47.8 Å². The minimum atomic E-state index is 0.489. The molecular weight excluding hydrogens is 242 g/mol. The number of hydrogen-bond acceptors (Lipinski definition) is 3. The van der Waals surface area contributed by atoms with E-state index in [-0.39, 0.29) is 0 Å². The number of rotatable bonds is 4. The number of aromatic nitrogens is 2. The molecule has 1 aliphatic rings. The first kappa shape index (κ1) is 11.8. The Kier molecular flexibility index (Phi) is 3.39. The molecule has 0 saturated heterocycles. The topological polar surface area (TPSA) is 29.9 Å². The van der Waals surface area contributed by atoms with Gasteiger partial charge in [-0.2, -0.15) is 5.10 Å². The van der Waals surface area contributed by atoms with Gasteiger partial charge in [0, 0.05) is 29.4 Å². The summed E-state index contributed by atoms with van der Waals surface area (Å²) in [6.45, 7) is 3.96. The normalized spacial score (nSPS) is 17.9. The zero-order valence-corrected chi connectivity index (χ0v) is 11.3. The maximum absolute atomic E-state index is 4.30.